The number of hydrogen-bond acceptors (Lipinski definition) is 3. The Morgan fingerprint density at radius 3 is 2.52 bits per heavy atom. The van der Waals surface area contributed by atoms with Gasteiger partial charge in [-0.3, -0.25) is 9.89 Å². The molecule has 1 N–H and O–H groups in total. The average molecular weight is 387 g/mol. The fourth-order valence-corrected chi connectivity index (χ4v) is 4.31. The summed E-state index contributed by atoms with van der Waals surface area (Å²) in [6, 6.07) is 18.8. The van der Waals surface area contributed by atoms with E-state index in [-0.39, 0.29) is 12.0 Å². The monoisotopic (exact) mass is 387 g/mol. The predicted molar refractivity (Wildman–Crippen MR) is 112 cm³/mol. The van der Waals surface area contributed by atoms with E-state index in [0.717, 1.165) is 54.7 Å². The van der Waals surface area contributed by atoms with Crippen LogP contribution in [0, 0.1) is 0 Å². The van der Waals surface area contributed by atoms with E-state index in [9.17, 15) is 4.79 Å². The van der Waals surface area contributed by atoms with Crippen LogP contribution in [0.15, 0.2) is 54.6 Å². The zero-order valence-electron chi connectivity index (χ0n) is 16.4. The van der Waals surface area contributed by atoms with Crippen LogP contribution in [-0.4, -0.2) is 40.3 Å². The average Bonchev–Trinajstić information content (AvgIpc) is 3.23. The molecule has 3 aromatic rings. The van der Waals surface area contributed by atoms with E-state index in [0.29, 0.717) is 13.2 Å². The first-order valence-electron chi connectivity index (χ1n) is 10.4. The van der Waals surface area contributed by atoms with Crippen LogP contribution in [0.3, 0.4) is 0 Å². The van der Waals surface area contributed by atoms with Gasteiger partial charge in [0, 0.05) is 42.9 Å². The van der Waals surface area contributed by atoms with Crippen LogP contribution < -0.4 is 0 Å². The fourth-order valence-electron chi connectivity index (χ4n) is 4.31. The van der Waals surface area contributed by atoms with Gasteiger partial charge >= 0.3 is 0 Å². The summed E-state index contributed by atoms with van der Waals surface area (Å²) in [6.45, 7) is 2.01. The van der Waals surface area contributed by atoms with Crippen molar-refractivity contribution in [3.05, 3.63) is 65.9 Å². The molecule has 1 amide bonds. The van der Waals surface area contributed by atoms with Crippen LogP contribution in [0.1, 0.15) is 30.5 Å². The van der Waals surface area contributed by atoms with Crippen LogP contribution in [0.2, 0.25) is 0 Å². The van der Waals surface area contributed by atoms with Gasteiger partial charge in [-0.1, -0.05) is 54.6 Å². The predicted octanol–water partition coefficient (Wildman–Crippen LogP) is 4.20. The summed E-state index contributed by atoms with van der Waals surface area (Å²) in [7, 11) is 0. The molecule has 2 aromatic carbocycles. The lowest BCUT2D eigenvalue weighted by atomic mass is 9.98. The molecule has 0 spiro atoms. The van der Waals surface area contributed by atoms with Crippen LogP contribution >= 0.6 is 0 Å². The first kappa shape index (κ1) is 18.1. The van der Waals surface area contributed by atoms with Crippen LogP contribution in [0.4, 0.5) is 0 Å². The number of amides is 1. The number of aromatic nitrogens is 2. The molecule has 1 saturated heterocycles. The largest absolute Gasteiger partial charge is 0.368 e. The van der Waals surface area contributed by atoms with E-state index in [2.05, 4.69) is 58.7 Å². The van der Waals surface area contributed by atoms with Gasteiger partial charge in [0.15, 0.2) is 0 Å². The molecule has 2 aliphatic heterocycles. The number of hydrogen-bond donors (Lipinski definition) is 1. The van der Waals surface area contributed by atoms with E-state index in [1.807, 2.05) is 11.0 Å². The zero-order chi connectivity index (χ0) is 19.6. The number of nitrogens with one attached hydrogen (secondary N) is 1. The zero-order valence-corrected chi connectivity index (χ0v) is 16.4. The van der Waals surface area contributed by atoms with Crippen molar-refractivity contribution in [2.24, 2.45) is 0 Å². The Hall–Kier alpha value is -2.92. The lowest BCUT2D eigenvalue weighted by molar-refractivity contribution is -0.147. The fraction of sp³-hybridized carbons (Fsp3) is 0.333. The molecule has 148 valence electrons. The second-order valence-corrected chi connectivity index (χ2v) is 7.84. The summed E-state index contributed by atoms with van der Waals surface area (Å²) in [4.78, 5) is 14.8. The third-order valence-corrected chi connectivity index (χ3v) is 5.97. The summed E-state index contributed by atoms with van der Waals surface area (Å²) in [5, 5.41) is 7.77. The van der Waals surface area contributed by atoms with Gasteiger partial charge in [-0.25, -0.2) is 0 Å². The lowest BCUT2D eigenvalue weighted by Gasteiger charge is -2.32. The van der Waals surface area contributed by atoms with Crippen molar-refractivity contribution in [2.45, 2.75) is 38.3 Å². The molecule has 0 bridgehead atoms. The van der Waals surface area contributed by atoms with Gasteiger partial charge < -0.3 is 9.64 Å². The number of H-pyrrole nitrogens is 1. The summed E-state index contributed by atoms with van der Waals surface area (Å²) in [5.41, 5.74) is 6.68. The Labute approximate surface area is 170 Å². The van der Waals surface area contributed by atoms with Crippen LogP contribution in [0.25, 0.3) is 22.4 Å². The Balaban J connectivity index is 1.37. The van der Waals surface area contributed by atoms with E-state index >= 15 is 0 Å². The van der Waals surface area contributed by atoms with Gasteiger partial charge in [0.05, 0.1) is 5.69 Å². The molecule has 3 heterocycles. The molecule has 1 fully saturated rings. The van der Waals surface area contributed by atoms with E-state index in [1.165, 1.54) is 11.1 Å². The van der Waals surface area contributed by atoms with Gasteiger partial charge in [0.1, 0.15) is 6.10 Å². The summed E-state index contributed by atoms with van der Waals surface area (Å²) >= 11 is 0. The van der Waals surface area contributed by atoms with Crippen molar-refractivity contribution in [3.8, 4) is 22.4 Å². The molecule has 0 saturated carbocycles. The van der Waals surface area contributed by atoms with Crippen LogP contribution in [-0.2, 0) is 22.5 Å². The highest BCUT2D eigenvalue weighted by Gasteiger charge is 2.31. The summed E-state index contributed by atoms with van der Waals surface area (Å²) < 4.78 is 5.72. The van der Waals surface area contributed by atoms with Gasteiger partial charge in [-0.15, -0.1) is 0 Å². The molecular formula is C24H25N3O2. The molecule has 29 heavy (non-hydrogen) atoms. The van der Waals surface area contributed by atoms with Crippen molar-refractivity contribution in [2.75, 3.05) is 13.2 Å². The standard InChI is InChI=1S/C24H25N3O2/c28-24(22-8-4-5-15-29-22)27-14-13-21-20(16-27)23(26-25-21)19-11-9-18(10-12-19)17-6-2-1-3-7-17/h1-3,6-7,9-12,22H,4-5,8,13-16H2,(H,25,26). The second kappa shape index (κ2) is 7.84. The third-order valence-electron chi connectivity index (χ3n) is 5.97. The lowest BCUT2D eigenvalue weighted by Crippen LogP contribution is -2.44. The number of carbonyl (C=O) groups excluding carboxylic acids is 1. The maximum atomic E-state index is 12.9. The topological polar surface area (TPSA) is 58.2 Å². The van der Waals surface area contributed by atoms with Crippen molar-refractivity contribution in [3.63, 3.8) is 0 Å². The highest BCUT2D eigenvalue weighted by molar-refractivity contribution is 5.82. The van der Waals surface area contributed by atoms with Crippen LogP contribution in [0.5, 0.6) is 0 Å². The third kappa shape index (κ3) is 3.58. The first-order chi connectivity index (χ1) is 14.3. The maximum Gasteiger partial charge on any atom is 0.252 e. The number of nitrogens with zero attached hydrogens (tertiary/aromatic N) is 2. The Morgan fingerprint density at radius 2 is 1.76 bits per heavy atom. The molecule has 5 heteroatoms. The van der Waals surface area contributed by atoms with Crippen molar-refractivity contribution < 1.29 is 9.53 Å². The van der Waals surface area contributed by atoms with E-state index < -0.39 is 0 Å². The molecule has 0 aliphatic carbocycles. The Bertz CT molecular complexity index is 989. The SMILES string of the molecule is O=C(C1CCCCO1)N1CCc2[nH]nc(-c3ccc(-c4ccccc4)cc3)c2C1. The van der Waals surface area contributed by atoms with E-state index in [1.54, 1.807) is 0 Å². The normalized spacial score (nSPS) is 19.0. The Morgan fingerprint density at radius 1 is 1.00 bits per heavy atom. The summed E-state index contributed by atoms with van der Waals surface area (Å²) in [6.07, 6.45) is 3.49. The first-order valence-corrected chi connectivity index (χ1v) is 10.4. The van der Waals surface area contributed by atoms with Crippen molar-refractivity contribution in [1.29, 1.82) is 0 Å². The molecule has 1 unspecified atom stereocenters. The van der Waals surface area contributed by atoms with E-state index in [4.69, 9.17) is 4.74 Å². The number of fused-ring (bicyclic) bond motifs is 1. The molecule has 0 radical (unpaired) electrons. The molecule has 1 aromatic heterocycles. The minimum Gasteiger partial charge on any atom is -0.368 e. The van der Waals surface area contributed by atoms with Crippen molar-refractivity contribution in [1.82, 2.24) is 15.1 Å². The number of aromatic amines is 1. The quantitative estimate of drug-likeness (QED) is 0.733. The number of carbonyl (C=O) groups is 1. The van der Waals surface area contributed by atoms with Gasteiger partial charge in [0.2, 0.25) is 0 Å². The number of benzene rings is 2. The highest BCUT2D eigenvalue weighted by atomic mass is 16.5. The molecule has 1 atom stereocenters. The van der Waals surface area contributed by atoms with Gasteiger partial charge in [0.25, 0.3) is 5.91 Å². The minimum absolute atomic E-state index is 0.127. The number of ether oxygens (including phenoxy) is 1. The minimum atomic E-state index is -0.272. The molecule has 2 aliphatic rings. The molecule has 5 rings (SSSR count). The second-order valence-electron chi connectivity index (χ2n) is 7.84. The van der Waals surface area contributed by atoms with Crippen molar-refractivity contribution >= 4 is 5.91 Å². The van der Waals surface area contributed by atoms with Gasteiger partial charge in [-0.2, -0.15) is 5.10 Å². The molecule has 5 nitrogen and oxygen atoms in total. The molecular weight excluding hydrogens is 362 g/mol. The maximum absolute atomic E-state index is 12.9. The number of rotatable bonds is 3. The van der Waals surface area contributed by atoms with Gasteiger partial charge in [-0.05, 0) is 30.4 Å². The Kier molecular flexibility index (Phi) is 4.90. The summed E-state index contributed by atoms with van der Waals surface area (Å²) in [5.74, 6) is 0.127. The smallest absolute Gasteiger partial charge is 0.252 e. The highest BCUT2D eigenvalue weighted by Crippen LogP contribution is 2.31.